The summed E-state index contributed by atoms with van der Waals surface area (Å²) in [4.78, 5) is 23.2. The van der Waals surface area contributed by atoms with Crippen molar-refractivity contribution < 1.29 is 31.5 Å². The minimum atomic E-state index is -5.82. The van der Waals surface area contributed by atoms with E-state index < -0.39 is 29.3 Å². The summed E-state index contributed by atoms with van der Waals surface area (Å²) in [6.45, 7) is 1.06. The van der Waals surface area contributed by atoms with Crippen LogP contribution in [0.5, 0.6) is 5.75 Å². The molecule has 1 fully saturated rings. The lowest BCUT2D eigenvalue weighted by molar-refractivity contribution is -0.289. The monoisotopic (exact) mass is 549 g/mol. The molecule has 1 unspecified atom stereocenters. The molecule has 39 heavy (non-hydrogen) atoms. The van der Waals surface area contributed by atoms with Gasteiger partial charge in [0.1, 0.15) is 18.2 Å². The largest absolute Gasteiger partial charge is 0.491 e. The highest BCUT2D eigenvalue weighted by atomic mass is 19.4. The maximum atomic E-state index is 14.4. The molecule has 2 N–H and O–H groups in total. The number of pyridine rings is 2. The van der Waals surface area contributed by atoms with Crippen LogP contribution >= 0.6 is 0 Å². The Morgan fingerprint density at radius 1 is 1.08 bits per heavy atom. The van der Waals surface area contributed by atoms with Crippen LogP contribution in [0, 0.1) is 0 Å². The van der Waals surface area contributed by atoms with Crippen molar-refractivity contribution in [3.63, 3.8) is 0 Å². The second kappa shape index (κ2) is 11.9. The zero-order chi connectivity index (χ0) is 28.0. The minimum Gasteiger partial charge on any atom is -0.491 e. The summed E-state index contributed by atoms with van der Waals surface area (Å²) < 4.78 is 74.0. The number of halogens is 5. The van der Waals surface area contributed by atoms with Crippen molar-refractivity contribution in [2.45, 2.75) is 43.9 Å². The van der Waals surface area contributed by atoms with Crippen molar-refractivity contribution >= 4 is 17.4 Å². The molecular formula is C27H28F5N5O2. The molecule has 7 nitrogen and oxygen atoms in total. The van der Waals surface area contributed by atoms with Gasteiger partial charge >= 0.3 is 12.1 Å². The van der Waals surface area contributed by atoms with E-state index in [1.807, 2.05) is 11.9 Å². The molecule has 3 aromatic rings. The molecule has 0 bridgehead atoms. The molecule has 208 valence electrons. The Hall–Kier alpha value is -3.80. The molecule has 1 saturated heterocycles. The number of benzene rings is 1. The van der Waals surface area contributed by atoms with Crippen molar-refractivity contribution in [2.75, 3.05) is 30.8 Å². The maximum Gasteiger partial charge on any atom is 0.458 e. The van der Waals surface area contributed by atoms with Gasteiger partial charge in [-0.15, -0.1) is 0 Å². The highest BCUT2D eigenvalue weighted by Gasteiger charge is 2.60. The van der Waals surface area contributed by atoms with E-state index in [1.165, 1.54) is 12.3 Å². The van der Waals surface area contributed by atoms with E-state index in [4.69, 9.17) is 4.74 Å². The number of aromatic nitrogens is 2. The van der Waals surface area contributed by atoms with Gasteiger partial charge in [-0.1, -0.05) is 6.42 Å². The van der Waals surface area contributed by atoms with Crippen LogP contribution < -0.4 is 15.4 Å². The van der Waals surface area contributed by atoms with Crippen LogP contribution in [-0.4, -0.2) is 53.2 Å². The SMILES string of the molecule is CN1CCCCC1COc1cc(NC(=O)c2cccnc2NCc2ccncc2)ccc1C(F)(F)C(F)(F)F. The Morgan fingerprint density at radius 3 is 2.56 bits per heavy atom. The van der Waals surface area contributed by atoms with Gasteiger partial charge in [0.25, 0.3) is 5.91 Å². The number of likely N-dealkylation sites (N-methyl/N-ethyl adjacent to an activating group) is 1. The third-order valence-electron chi connectivity index (χ3n) is 6.55. The number of likely N-dealkylation sites (tertiary alicyclic amines) is 1. The Bertz CT molecular complexity index is 1270. The van der Waals surface area contributed by atoms with Crippen molar-refractivity contribution in [1.29, 1.82) is 0 Å². The van der Waals surface area contributed by atoms with E-state index in [0.717, 1.165) is 43.5 Å². The fourth-order valence-electron chi connectivity index (χ4n) is 4.29. The molecule has 12 heteroatoms. The van der Waals surface area contributed by atoms with Crippen LogP contribution in [0.4, 0.5) is 33.5 Å². The molecule has 1 aliphatic rings. The third kappa shape index (κ3) is 6.80. The molecular weight excluding hydrogens is 521 g/mol. The molecule has 0 spiro atoms. The average Bonchev–Trinajstić information content (AvgIpc) is 2.91. The number of hydrogen-bond donors (Lipinski definition) is 2. The van der Waals surface area contributed by atoms with Gasteiger partial charge in [-0.05, 0) is 68.4 Å². The molecule has 0 aliphatic carbocycles. The van der Waals surface area contributed by atoms with E-state index in [0.29, 0.717) is 12.6 Å². The molecule has 3 heterocycles. The summed E-state index contributed by atoms with van der Waals surface area (Å²) in [5, 5.41) is 5.62. The van der Waals surface area contributed by atoms with Crippen LogP contribution in [0.15, 0.2) is 61.1 Å². The van der Waals surface area contributed by atoms with Gasteiger partial charge in [-0.25, -0.2) is 4.98 Å². The lowest BCUT2D eigenvalue weighted by Crippen LogP contribution is -2.40. The second-order valence-corrected chi connectivity index (χ2v) is 9.29. The predicted octanol–water partition coefficient (Wildman–Crippen LogP) is 5.86. The zero-order valence-electron chi connectivity index (χ0n) is 21.1. The molecule has 1 aromatic carbocycles. The average molecular weight is 550 g/mol. The first-order valence-corrected chi connectivity index (χ1v) is 12.4. The van der Waals surface area contributed by atoms with Gasteiger partial charge in [0, 0.05) is 42.9 Å². The first-order valence-electron chi connectivity index (χ1n) is 12.4. The van der Waals surface area contributed by atoms with Gasteiger partial charge in [0.2, 0.25) is 0 Å². The van der Waals surface area contributed by atoms with Crippen molar-refractivity contribution in [3.8, 4) is 5.75 Å². The number of rotatable bonds is 9. The van der Waals surface area contributed by atoms with Crippen molar-refractivity contribution in [1.82, 2.24) is 14.9 Å². The molecule has 2 aromatic heterocycles. The van der Waals surface area contributed by atoms with Crippen LogP contribution in [0.2, 0.25) is 0 Å². The summed E-state index contributed by atoms with van der Waals surface area (Å²) in [5.74, 6) is -6.15. The lowest BCUT2D eigenvalue weighted by atomic mass is 10.0. The minimum absolute atomic E-state index is 0.00217. The number of ether oxygens (including phenoxy) is 1. The smallest absolute Gasteiger partial charge is 0.458 e. The molecule has 0 saturated carbocycles. The summed E-state index contributed by atoms with van der Waals surface area (Å²) in [6, 6.07) is 9.14. The number of piperidine rings is 1. The predicted molar refractivity (Wildman–Crippen MR) is 136 cm³/mol. The first-order chi connectivity index (χ1) is 18.6. The molecule has 1 aliphatic heterocycles. The molecule has 0 radical (unpaired) electrons. The van der Waals surface area contributed by atoms with Gasteiger partial charge < -0.3 is 20.3 Å². The number of anilines is 2. The Morgan fingerprint density at radius 2 is 1.85 bits per heavy atom. The summed E-state index contributed by atoms with van der Waals surface area (Å²) >= 11 is 0. The first kappa shape index (κ1) is 28.2. The molecule has 4 rings (SSSR count). The van der Waals surface area contributed by atoms with E-state index in [2.05, 4.69) is 20.6 Å². The number of carbonyl (C=O) groups is 1. The van der Waals surface area contributed by atoms with Crippen LogP contribution in [-0.2, 0) is 12.5 Å². The number of hydrogen-bond acceptors (Lipinski definition) is 6. The normalized spacial score (nSPS) is 16.5. The van der Waals surface area contributed by atoms with Crippen LogP contribution in [0.3, 0.4) is 0 Å². The topological polar surface area (TPSA) is 79.4 Å². The quantitative estimate of drug-likeness (QED) is 0.326. The fourth-order valence-corrected chi connectivity index (χ4v) is 4.29. The van der Waals surface area contributed by atoms with Gasteiger partial charge in [-0.2, -0.15) is 22.0 Å². The van der Waals surface area contributed by atoms with Crippen molar-refractivity contribution in [3.05, 3.63) is 77.7 Å². The third-order valence-corrected chi connectivity index (χ3v) is 6.55. The van der Waals surface area contributed by atoms with E-state index in [-0.39, 0.29) is 29.7 Å². The van der Waals surface area contributed by atoms with Gasteiger partial charge in [-0.3, -0.25) is 9.78 Å². The highest BCUT2D eigenvalue weighted by Crippen LogP contribution is 2.47. The zero-order valence-corrected chi connectivity index (χ0v) is 21.1. The Kier molecular flexibility index (Phi) is 8.63. The van der Waals surface area contributed by atoms with Gasteiger partial charge in [0.15, 0.2) is 0 Å². The molecule has 1 atom stereocenters. The standard InChI is InChI=1S/C27H28F5N5O2/c1-37-14-3-2-5-20(37)17-39-23-15-19(7-8-22(23)26(28,29)27(30,31)32)36-25(38)21-6-4-11-34-24(21)35-16-18-9-12-33-13-10-18/h4,6-13,15,20H,2-3,5,14,16-17H2,1H3,(H,34,35)(H,36,38). The fraction of sp³-hybridized carbons (Fsp3) is 0.370. The number of nitrogens with zero attached hydrogens (tertiary/aromatic N) is 3. The van der Waals surface area contributed by atoms with E-state index in [1.54, 1.807) is 30.6 Å². The maximum absolute atomic E-state index is 14.4. The lowest BCUT2D eigenvalue weighted by Gasteiger charge is -2.32. The van der Waals surface area contributed by atoms with Crippen molar-refractivity contribution in [2.24, 2.45) is 0 Å². The van der Waals surface area contributed by atoms with Crippen LogP contribution in [0.1, 0.15) is 40.7 Å². The summed E-state index contributed by atoms with van der Waals surface area (Å²) in [5.41, 5.74) is -0.263. The number of amides is 1. The van der Waals surface area contributed by atoms with E-state index >= 15 is 0 Å². The van der Waals surface area contributed by atoms with E-state index in [9.17, 15) is 26.7 Å². The number of carbonyl (C=O) groups excluding carboxylic acids is 1. The highest BCUT2D eigenvalue weighted by molar-refractivity contribution is 6.07. The summed E-state index contributed by atoms with van der Waals surface area (Å²) in [6.07, 6.45) is 1.54. The molecule has 1 amide bonds. The summed E-state index contributed by atoms with van der Waals surface area (Å²) in [7, 11) is 1.85. The van der Waals surface area contributed by atoms with Gasteiger partial charge in [0.05, 0.1) is 11.1 Å². The Labute approximate surface area is 222 Å². The number of nitrogens with one attached hydrogen (secondary N) is 2. The second-order valence-electron chi connectivity index (χ2n) is 9.29. The number of alkyl halides is 5. The van der Waals surface area contributed by atoms with Crippen LogP contribution in [0.25, 0.3) is 0 Å². The Balaban J connectivity index is 1.56.